The molecule has 0 heterocycles. The zero-order chi connectivity index (χ0) is 26.1. The van der Waals surface area contributed by atoms with Crippen molar-refractivity contribution in [3.63, 3.8) is 0 Å². The maximum absolute atomic E-state index is 5.76. The third-order valence-corrected chi connectivity index (χ3v) is 183. The molecular weight excluding hydrogens is 1090 g/mol. The van der Waals surface area contributed by atoms with Crippen LogP contribution in [0.5, 0.6) is 0 Å². The normalized spacial score (nSPS) is 16.2. The minimum absolute atomic E-state index is 1.35. The molecule has 0 atom stereocenters. The molecule has 0 unspecified atom stereocenters. The second kappa shape index (κ2) is 12.7. The second-order valence-electron chi connectivity index (χ2n) is 3.86. The van der Waals surface area contributed by atoms with Gasteiger partial charge in [0.25, 0.3) is 0 Å². The maximum atomic E-state index is 5.76. The fourth-order valence-electron chi connectivity index (χ4n) is 0.780. The quantitative estimate of drug-likeness (QED) is 0.139. The van der Waals surface area contributed by atoms with Crippen molar-refractivity contribution >= 4 is 297 Å². The van der Waals surface area contributed by atoms with Gasteiger partial charge in [-0.25, -0.2) is 22.4 Å². The molecule has 0 aromatic carbocycles. The Labute approximate surface area is 288 Å². The summed E-state index contributed by atoms with van der Waals surface area (Å²) in [6.45, 7) is 0. The SMILES string of the molecule is S=[S-](=S)S(=S)(=S)S(=S)(=S)S(=S)(=S)S(=S)(=S)S(=S)(=S)S(=S)(=S)S(=S)(=S)S(=S)(=S)S(=S)(=S)I. The average Bonchev–Trinajstić information content (AvgIpc) is 2.52. The van der Waals surface area contributed by atoms with Crippen molar-refractivity contribution < 1.29 is 0 Å². The van der Waals surface area contributed by atoms with E-state index in [0.717, 1.165) is 0 Å². The second-order valence-corrected chi connectivity index (χ2v) is 111. The summed E-state index contributed by atoms with van der Waals surface area (Å²) < 4.78 is -2.46. The molecule has 31 heavy (non-hydrogen) atoms. The number of hydrogen-bond donors (Lipinski definition) is 0. The van der Waals surface area contributed by atoms with Gasteiger partial charge in [0, 0.05) is 61.0 Å². The topological polar surface area (TPSA) is 0 Å². The highest BCUT2D eigenvalue weighted by Crippen LogP contribution is 2.38. The van der Waals surface area contributed by atoms with Gasteiger partial charge in [-0.2, -0.15) is 0 Å². The fraction of sp³-hybridized carbons (Fsp3) is 0. The number of halogens is 1. The fourth-order valence-corrected chi connectivity index (χ4v) is 199. The van der Waals surface area contributed by atoms with E-state index in [2.05, 4.69) is 0 Å². The molecule has 0 spiro atoms. The van der Waals surface area contributed by atoms with Crippen LogP contribution in [0.15, 0.2) is 0 Å². The molecule has 0 aromatic rings. The van der Waals surface area contributed by atoms with Crippen LogP contribution in [-0.2, 0) is 276 Å². The summed E-state index contributed by atoms with van der Waals surface area (Å²) in [5.74, 6) is 0. The molecule has 0 aliphatic rings. The van der Waals surface area contributed by atoms with Gasteiger partial charge in [0.2, 0.25) is 0 Å². The van der Waals surface area contributed by atoms with Crippen molar-refractivity contribution in [2.75, 3.05) is 0 Å². The van der Waals surface area contributed by atoms with Crippen molar-refractivity contribution in [2.45, 2.75) is 0 Å². The Morgan fingerprint density at radius 3 is 0.742 bits per heavy atom. The zero-order valence-electron chi connectivity index (χ0n) is 12.6. The first-order valence-electron chi connectivity index (χ1n) is 4.99. The summed E-state index contributed by atoms with van der Waals surface area (Å²) in [6.07, 6.45) is 0. The molecule has 0 N–H and O–H groups in total. The molecule has 0 amide bonds. The molecule has 0 aliphatic heterocycles. The number of rotatable bonds is 9. The van der Waals surface area contributed by atoms with Crippen LogP contribution >= 0.6 is 21.2 Å². The van der Waals surface area contributed by atoms with E-state index in [1.165, 1.54) is 0 Å². The summed E-state index contributed by atoms with van der Waals surface area (Å²) in [7, 11) is -1.35. The summed E-state index contributed by atoms with van der Waals surface area (Å²) in [5, 5.41) is -24.7. The molecule has 0 fully saturated rings. The van der Waals surface area contributed by atoms with E-state index in [9.17, 15) is 0 Å². The van der Waals surface area contributed by atoms with Gasteiger partial charge < -0.3 is 0 Å². The lowest BCUT2D eigenvalue weighted by molar-refractivity contribution is 5.02. The molecule has 0 nitrogen and oxygen atoms in total. The van der Waals surface area contributed by atoms with Gasteiger partial charge in [-0.05, 0) is 179 Å². The molecular formula is IS30-. The maximum Gasteiger partial charge on any atom is 0.0451 e. The highest BCUT2D eigenvalue weighted by atomic mass is 127. The lowest BCUT2D eigenvalue weighted by Gasteiger charge is -2.33. The van der Waals surface area contributed by atoms with Crippen LogP contribution in [0.3, 0.4) is 0 Å². The van der Waals surface area contributed by atoms with E-state index >= 15 is 0 Å². The third kappa shape index (κ3) is 6.91. The van der Waals surface area contributed by atoms with E-state index < -0.39 is 52.1 Å². The summed E-state index contributed by atoms with van der Waals surface area (Å²) in [5.41, 5.74) is 0. The monoisotopic (exact) mass is 1090 g/mol. The summed E-state index contributed by atoms with van der Waals surface area (Å²) >= 11 is 113. The first kappa shape index (κ1) is 39.6. The Balaban J connectivity index is 7.79. The van der Waals surface area contributed by atoms with E-state index in [1.54, 1.807) is 0 Å². The standard InChI is InChI=1S/IS30/c1-23(4,5)25(8,9)27(12,13)29(16,17)31(20,21)30(18,19)28(14,15)26(10,11)24(6,7)22(2)3/q-1. The lowest BCUT2D eigenvalue weighted by atomic mass is 29.7. The van der Waals surface area contributed by atoms with Crippen molar-refractivity contribution in [2.24, 2.45) is 0 Å². The van der Waals surface area contributed by atoms with E-state index in [0.29, 0.717) is 0 Å². The van der Waals surface area contributed by atoms with Crippen molar-refractivity contribution in [3.05, 3.63) is 0 Å². The lowest BCUT2D eigenvalue weighted by Crippen LogP contribution is -2.35. The van der Waals surface area contributed by atoms with Crippen LogP contribution in [0.2, 0.25) is 0 Å². The predicted octanol–water partition coefficient (Wildman–Crippen LogP) is 0.814. The van der Waals surface area contributed by atoms with Crippen LogP contribution < -0.4 is 0 Å². The van der Waals surface area contributed by atoms with Crippen molar-refractivity contribution in [1.82, 2.24) is 0 Å². The van der Waals surface area contributed by atoms with Gasteiger partial charge in [0.1, 0.15) is 0 Å². The molecule has 0 bridgehead atoms. The third-order valence-electron chi connectivity index (χ3n) is 2.16. The largest absolute Gasteiger partial charge is 0.271 e. The summed E-state index contributed by atoms with van der Waals surface area (Å²) in [4.78, 5) is 0. The molecule has 31 heteroatoms. The molecule has 0 saturated carbocycles. The Bertz CT molecular complexity index is 1840. The molecule has 188 valence electrons. The Kier molecular flexibility index (Phi) is 16.2. The van der Waals surface area contributed by atoms with Gasteiger partial charge in [-0.15, -0.1) is 0 Å². The predicted molar refractivity (Wildman–Crippen MR) is 235 cm³/mol. The van der Waals surface area contributed by atoms with E-state index in [-0.39, 0.29) is 0 Å². The van der Waals surface area contributed by atoms with Gasteiger partial charge in [0.15, 0.2) is 0 Å². The van der Waals surface area contributed by atoms with E-state index in [1.807, 2.05) is 21.2 Å². The van der Waals surface area contributed by atoms with Gasteiger partial charge >= 0.3 is 0 Å². The zero-order valence-corrected chi connectivity index (χ0v) is 39.3. The molecule has 0 rings (SSSR count). The van der Waals surface area contributed by atoms with Gasteiger partial charge in [-0.3, -0.25) is 7.05 Å². The van der Waals surface area contributed by atoms with Crippen molar-refractivity contribution in [3.8, 4) is 0 Å². The highest BCUT2D eigenvalue weighted by Gasteiger charge is 2.40. The number of hydrogen-bond acceptors (Lipinski definition) is 21. The smallest absolute Gasteiger partial charge is 0.0451 e. The first-order valence-corrected chi connectivity index (χ1v) is 46.6. The van der Waals surface area contributed by atoms with Crippen LogP contribution in [0.1, 0.15) is 0 Å². The van der Waals surface area contributed by atoms with E-state index in [4.69, 9.17) is 224 Å². The Morgan fingerprint density at radius 2 is 0.548 bits per heavy atom. The molecule has 0 saturated heterocycles. The van der Waals surface area contributed by atoms with Crippen molar-refractivity contribution in [1.29, 1.82) is 0 Å². The van der Waals surface area contributed by atoms with Crippen LogP contribution in [0.4, 0.5) is 0 Å². The molecule has 0 aliphatic carbocycles. The minimum Gasteiger partial charge on any atom is -0.271 e. The van der Waals surface area contributed by atoms with Gasteiger partial charge in [0.05, 0.1) is 0 Å². The Morgan fingerprint density at radius 1 is 0.355 bits per heavy atom. The van der Waals surface area contributed by atoms with Crippen LogP contribution in [-0.4, -0.2) is 0 Å². The first-order chi connectivity index (χ1) is 12.9. The van der Waals surface area contributed by atoms with Crippen LogP contribution in [0, 0.1) is 0 Å². The minimum atomic E-state index is -3.27. The summed E-state index contributed by atoms with van der Waals surface area (Å²) in [6, 6.07) is 0. The molecule has 0 aromatic heterocycles. The average molecular weight is 1090 g/mol. The Hall–Kier alpha value is 8.63. The molecule has 0 radical (unpaired) electrons. The highest BCUT2D eigenvalue weighted by molar-refractivity contribution is 14.2. The van der Waals surface area contributed by atoms with Gasteiger partial charge in [-0.1, -0.05) is 27.6 Å². The van der Waals surface area contributed by atoms with Crippen LogP contribution in [0.25, 0.3) is 0 Å².